The van der Waals surface area contributed by atoms with Crippen LogP contribution in [-0.4, -0.2) is 36.9 Å². The number of piperidine rings is 2. The van der Waals surface area contributed by atoms with Gasteiger partial charge in [-0.05, 0) is 79.1 Å². The predicted molar refractivity (Wildman–Crippen MR) is 142 cm³/mol. The van der Waals surface area contributed by atoms with Crippen LogP contribution in [0.3, 0.4) is 0 Å². The van der Waals surface area contributed by atoms with E-state index in [-0.39, 0.29) is 17.6 Å². The Kier molecular flexibility index (Phi) is 7.54. The fourth-order valence-electron chi connectivity index (χ4n) is 5.78. The van der Waals surface area contributed by atoms with E-state index in [1.807, 2.05) is 35.2 Å². The summed E-state index contributed by atoms with van der Waals surface area (Å²) in [6.07, 6.45) is 3.75. The van der Waals surface area contributed by atoms with Crippen molar-refractivity contribution in [2.45, 2.75) is 38.1 Å². The van der Waals surface area contributed by atoms with Gasteiger partial charge >= 0.3 is 0 Å². The van der Waals surface area contributed by atoms with Gasteiger partial charge in [-0.1, -0.05) is 42.5 Å². The van der Waals surface area contributed by atoms with Gasteiger partial charge in [0.25, 0.3) is 0 Å². The number of benzene rings is 3. The van der Waals surface area contributed by atoms with Gasteiger partial charge in [0.1, 0.15) is 11.6 Å². The summed E-state index contributed by atoms with van der Waals surface area (Å²) >= 11 is 0. The third kappa shape index (κ3) is 5.53. The van der Waals surface area contributed by atoms with Crippen molar-refractivity contribution in [2.75, 3.05) is 25.1 Å². The maximum Gasteiger partial charge on any atom is 0.228 e. The molecular weight excluding hydrogens is 467 g/mol. The molecule has 2 fully saturated rings. The van der Waals surface area contributed by atoms with Crippen LogP contribution in [0.4, 0.5) is 10.1 Å². The maximum absolute atomic E-state index is 13.9. The van der Waals surface area contributed by atoms with E-state index in [2.05, 4.69) is 24.3 Å². The lowest BCUT2D eigenvalue weighted by Crippen LogP contribution is -2.50. The predicted octanol–water partition coefficient (Wildman–Crippen LogP) is 5.80. The highest BCUT2D eigenvalue weighted by Gasteiger charge is 2.43. The summed E-state index contributed by atoms with van der Waals surface area (Å²) in [5, 5.41) is 0. The lowest BCUT2D eigenvalue weighted by atomic mass is 9.82. The van der Waals surface area contributed by atoms with Gasteiger partial charge < -0.3 is 14.5 Å². The first kappa shape index (κ1) is 25.0. The minimum Gasteiger partial charge on any atom is -0.497 e. The van der Waals surface area contributed by atoms with Gasteiger partial charge in [0, 0.05) is 25.2 Å². The van der Waals surface area contributed by atoms with E-state index in [0.717, 1.165) is 37.9 Å². The molecule has 37 heavy (non-hydrogen) atoms. The average molecular weight is 501 g/mol. The van der Waals surface area contributed by atoms with Gasteiger partial charge in [0.2, 0.25) is 11.8 Å². The Labute approximate surface area is 217 Å². The first-order valence-corrected chi connectivity index (χ1v) is 13.1. The van der Waals surface area contributed by atoms with Gasteiger partial charge in [-0.3, -0.25) is 9.59 Å². The van der Waals surface area contributed by atoms with Crippen molar-refractivity contribution in [2.24, 2.45) is 11.8 Å². The minimum absolute atomic E-state index is 0.0369. The number of ether oxygens (including phenoxy) is 1. The number of nitrogens with zero attached hydrogens (tertiary/aromatic N) is 2. The highest BCUT2D eigenvalue weighted by atomic mass is 19.1. The third-order valence-corrected chi connectivity index (χ3v) is 7.77. The van der Waals surface area contributed by atoms with E-state index in [4.69, 9.17) is 4.74 Å². The number of halogens is 1. The average Bonchev–Trinajstić information content (AvgIpc) is 2.94. The Morgan fingerprint density at radius 3 is 2.24 bits per heavy atom. The van der Waals surface area contributed by atoms with Crippen molar-refractivity contribution in [3.8, 4) is 5.75 Å². The standard InChI is InChI=1S/C31H33FN2O3/c1-37-27-13-11-26(12-14-27)34-29(35)16-15-28(30(34)24-7-9-25(32)10-8-24)31(36)33-19-17-23(18-20-33)21-22-5-3-2-4-6-22/h2-14,23,28,30H,15-21H2,1H3. The molecule has 0 bridgehead atoms. The van der Waals surface area contributed by atoms with Gasteiger partial charge in [-0.2, -0.15) is 0 Å². The van der Waals surface area contributed by atoms with E-state index in [0.29, 0.717) is 30.2 Å². The van der Waals surface area contributed by atoms with Crippen LogP contribution in [-0.2, 0) is 16.0 Å². The molecule has 192 valence electrons. The van der Waals surface area contributed by atoms with E-state index >= 15 is 0 Å². The van der Waals surface area contributed by atoms with Crippen LogP contribution < -0.4 is 9.64 Å². The molecule has 0 N–H and O–H groups in total. The van der Waals surface area contributed by atoms with Gasteiger partial charge in [-0.25, -0.2) is 4.39 Å². The SMILES string of the molecule is COc1ccc(N2C(=O)CCC(C(=O)N3CCC(Cc4ccccc4)CC3)C2c2ccc(F)cc2)cc1. The number of likely N-dealkylation sites (tertiary alicyclic amines) is 1. The summed E-state index contributed by atoms with van der Waals surface area (Å²) in [4.78, 5) is 30.9. The van der Waals surface area contributed by atoms with Gasteiger partial charge in [0.05, 0.1) is 19.1 Å². The molecule has 0 radical (unpaired) electrons. The number of anilines is 1. The molecule has 0 aliphatic carbocycles. The van der Waals surface area contributed by atoms with Crippen molar-refractivity contribution in [3.63, 3.8) is 0 Å². The molecule has 3 aromatic rings. The maximum atomic E-state index is 13.9. The van der Waals surface area contributed by atoms with Crippen molar-refractivity contribution in [3.05, 3.63) is 95.8 Å². The molecule has 2 unspecified atom stereocenters. The Morgan fingerprint density at radius 1 is 0.919 bits per heavy atom. The van der Waals surface area contributed by atoms with Crippen LogP contribution in [0.1, 0.15) is 42.9 Å². The minimum atomic E-state index is -0.496. The van der Waals surface area contributed by atoms with Crippen molar-refractivity contribution >= 4 is 17.5 Å². The van der Waals surface area contributed by atoms with Crippen LogP contribution in [0, 0.1) is 17.7 Å². The van der Waals surface area contributed by atoms with Gasteiger partial charge in [0.15, 0.2) is 0 Å². The van der Waals surface area contributed by atoms with E-state index in [9.17, 15) is 14.0 Å². The number of rotatable bonds is 6. The van der Waals surface area contributed by atoms with Crippen molar-refractivity contribution in [1.82, 2.24) is 4.90 Å². The fourth-order valence-corrected chi connectivity index (χ4v) is 5.78. The Balaban J connectivity index is 1.38. The highest BCUT2D eigenvalue weighted by Crippen LogP contribution is 2.41. The quantitative estimate of drug-likeness (QED) is 0.430. The highest BCUT2D eigenvalue weighted by molar-refractivity contribution is 5.97. The largest absolute Gasteiger partial charge is 0.497 e. The molecule has 0 spiro atoms. The van der Waals surface area contributed by atoms with Crippen LogP contribution in [0.25, 0.3) is 0 Å². The molecule has 2 atom stereocenters. The summed E-state index contributed by atoms with van der Waals surface area (Å²) < 4.78 is 19.1. The zero-order valence-electron chi connectivity index (χ0n) is 21.2. The third-order valence-electron chi connectivity index (χ3n) is 7.77. The van der Waals surface area contributed by atoms with E-state index in [1.165, 1.54) is 17.7 Å². The van der Waals surface area contributed by atoms with E-state index in [1.54, 1.807) is 24.1 Å². The first-order valence-electron chi connectivity index (χ1n) is 13.1. The molecule has 0 saturated carbocycles. The Bertz CT molecular complexity index is 1210. The molecule has 6 heteroatoms. The zero-order chi connectivity index (χ0) is 25.8. The topological polar surface area (TPSA) is 49.9 Å². The summed E-state index contributed by atoms with van der Waals surface area (Å²) in [5.74, 6) is 0.561. The second kappa shape index (κ2) is 11.2. The number of carbonyl (C=O) groups is 2. The molecule has 2 saturated heterocycles. The molecule has 5 rings (SSSR count). The van der Waals surface area contributed by atoms with Crippen LogP contribution >= 0.6 is 0 Å². The Morgan fingerprint density at radius 2 is 1.59 bits per heavy atom. The molecule has 2 heterocycles. The fraction of sp³-hybridized carbons (Fsp3) is 0.355. The molecule has 5 nitrogen and oxygen atoms in total. The number of hydrogen-bond donors (Lipinski definition) is 0. The van der Waals surface area contributed by atoms with E-state index < -0.39 is 12.0 Å². The lowest BCUT2D eigenvalue weighted by molar-refractivity contribution is -0.139. The summed E-state index contributed by atoms with van der Waals surface area (Å²) in [6, 6.07) is 23.5. The molecule has 2 aliphatic heterocycles. The smallest absolute Gasteiger partial charge is 0.228 e. The summed E-state index contributed by atoms with van der Waals surface area (Å²) in [5.41, 5.74) is 2.81. The zero-order valence-corrected chi connectivity index (χ0v) is 21.2. The van der Waals surface area contributed by atoms with Crippen LogP contribution in [0.2, 0.25) is 0 Å². The van der Waals surface area contributed by atoms with Crippen LogP contribution in [0.15, 0.2) is 78.9 Å². The molecule has 2 aliphatic rings. The number of carbonyl (C=O) groups excluding carboxylic acids is 2. The molecular formula is C31H33FN2O3. The first-order chi connectivity index (χ1) is 18.0. The van der Waals surface area contributed by atoms with Crippen molar-refractivity contribution < 1.29 is 18.7 Å². The number of methoxy groups -OCH3 is 1. The number of hydrogen-bond acceptors (Lipinski definition) is 3. The van der Waals surface area contributed by atoms with Gasteiger partial charge in [-0.15, -0.1) is 0 Å². The monoisotopic (exact) mass is 500 g/mol. The number of amides is 2. The Hall–Kier alpha value is -3.67. The molecule has 0 aromatic heterocycles. The second-order valence-corrected chi connectivity index (χ2v) is 10.1. The molecule has 3 aromatic carbocycles. The summed E-state index contributed by atoms with van der Waals surface area (Å²) in [7, 11) is 1.60. The van der Waals surface area contributed by atoms with Crippen LogP contribution in [0.5, 0.6) is 5.75 Å². The van der Waals surface area contributed by atoms with Crippen molar-refractivity contribution in [1.29, 1.82) is 0 Å². The molecule has 2 amide bonds. The normalized spacial score (nSPS) is 20.6. The lowest BCUT2D eigenvalue weighted by Gasteiger charge is -2.43. The second-order valence-electron chi connectivity index (χ2n) is 10.1. The summed E-state index contributed by atoms with van der Waals surface area (Å²) in [6.45, 7) is 1.44.